The second kappa shape index (κ2) is 6.26. The van der Waals surface area contributed by atoms with Crippen LogP contribution >= 0.6 is 0 Å². The Morgan fingerprint density at radius 3 is 2.17 bits per heavy atom. The van der Waals surface area contributed by atoms with Gasteiger partial charge in [0.2, 0.25) is 11.6 Å². The van der Waals surface area contributed by atoms with Gasteiger partial charge in [-0.15, -0.1) is 0 Å². The maximum atomic E-state index is 12.2. The Morgan fingerprint density at radius 1 is 1.17 bits per heavy atom. The normalized spacial score (nSPS) is 10.2. The van der Waals surface area contributed by atoms with Gasteiger partial charge in [0.1, 0.15) is 5.69 Å². The average molecular weight is 317 g/mol. The van der Waals surface area contributed by atoms with Crippen LogP contribution in [0.1, 0.15) is 23.1 Å². The molecule has 2 rings (SSSR count). The lowest BCUT2D eigenvalue weighted by Gasteiger charge is -2.05. The van der Waals surface area contributed by atoms with Gasteiger partial charge in [0.05, 0.1) is 4.92 Å². The molecule has 0 aliphatic carbocycles. The highest BCUT2D eigenvalue weighted by Gasteiger charge is 2.28. The molecule has 120 valence electrons. The van der Waals surface area contributed by atoms with Gasteiger partial charge in [-0.3, -0.25) is 24.4 Å². The monoisotopic (exact) mass is 317 g/mol. The van der Waals surface area contributed by atoms with E-state index in [1.54, 1.807) is 24.3 Å². The third-order valence-corrected chi connectivity index (χ3v) is 3.16. The van der Waals surface area contributed by atoms with Crippen LogP contribution in [0.3, 0.4) is 0 Å². The van der Waals surface area contributed by atoms with E-state index in [9.17, 15) is 19.7 Å². The fraction of sp³-hybridized carbons (Fsp3) is 0.214. The largest absolute Gasteiger partial charge is 0.326 e. The Balaban J connectivity index is 2.21. The molecule has 0 radical (unpaired) electrons. The van der Waals surface area contributed by atoms with Crippen LogP contribution in [-0.4, -0.2) is 26.5 Å². The molecular weight excluding hydrogens is 302 g/mol. The van der Waals surface area contributed by atoms with Crippen molar-refractivity contribution in [2.45, 2.75) is 13.8 Å². The van der Waals surface area contributed by atoms with Crippen LogP contribution in [-0.2, 0) is 11.8 Å². The van der Waals surface area contributed by atoms with E-state index in [1.807, 2.05) is 0 Å². The van der Waals surface area contributed by atoms with Gasteiger partial charge < -0.3 is 10.6 Å². The first-order valence-corrected chi connectivity index (χ1v) is 6.66. The van der Waals surface area contributed by atoms with E-state index in [2.05, 4.69) is 15.7 Å². The van der Waals surface area contributed by atoms with Gasteiger partial charge >= 0.3 is 5.69 Å². The van der Waals surface area contributed by atoms with Gasteiger partial charge in [0, 0.05) is 25.3 Å². The van der Waals surface area contributed by atoms with Gasteiger partial charge in [0.25, 0.3) is 5.91 Å². The van der Waals surface area contributed by atoms with Crippen LogP contribution in [0, 0.1) is 17.0 Å². The Morgan fingerprint density at radius 2 is 1.70 bits per heavy atom. The number of carbonyl (C=O) groups excluding carboxylic acids is 2. The number of hydrogen-bond acceptors (Lipinski definition) is 5. The molecule has 0 spiro atoms. The third kappa shape index (κ3) is 3.51. The lowest BCUT2D eigenvalue weighted by molar-refractivity contribution is -0.385. The number of aryl methyl sites for hydroxylation is 1. The summed E-state index contributed by atoms with van der Waals surface area (Å²) in [7, 11) is 1.53. The third-order valence-electron chi connectivity index (χ3n) is 3.16. The molecule has 9 heteroatoms. The number of nitrogens with zero attached hydrogens (tertiary/aromatic N) is 3. The summed E-state index contributed by atoms with van der Waals surface area (Å²) < 4.78 is 1.28. The standard InChI is InChI=1S/C14H15N5O4/c1-8-13(19(22)23)12(17-18(8)3)14(21)16-11-6-4-10(5-7-11)15-9(2)20/h4-7H,1-3H3,(H,15,20)(H,16,21). The van der Waals surface area contributed by atoms with E-state index >= 15 is 0 Å². The minimum Gasteiger partial charge on any atom is -0.326 e. The fourth-order valence-corrected chi connectivity index (χ4v) is 2.00. The molecule has 0 atom stereocenters. The summed E-state index contributed by atoms with van der Waals surface area (Å²) in [6.07, 6.45) is 0. The van der Waals surface area contributed by atoms with Crippen LogP contribution < -0.4 is 10.6 Å². The highest BCUT2D eigenvalue weighted by atomic mass is 16.6. The SMILES string of the molecule is CC(=O)Nc1ccc(NC(=O)c2nn(C)c(C)c2[N+](=O)[O-])cc1. The molecule has 0 aliphatic heterocycles. The molecule has 0 aliphatic rings. The second-order valence-electron chi connectivity index (χ2n) is 4.88. The van der Waals surface area contributed by atoms with Gasteiger partial charge in [-0.2, -0.15) is 5.10 Å². The van der Waals surface area contributed by atoms with Crippen LogP contribution in [0.25, 0.3) is 0 Å². The molecule has 9 nitrogen and oxygen atoms in total. The Bertz CT molecular complexity index is 779. The smallest absolute Gasteiger partial charge is 0.322 e. The molecule has 2 amide bonds. The van der Waals surface area contributed by atoms with Crippen LogP contribution in [0.2, 0.25) is 0 Å². The summed E-state index contributed by atoms with van der Waals surface area (Å²) in [5.41, 5.74) is 0.735. The van der Waals surface area contributed by atoms with Crippen molar-refractivity contribution in [2.75, 3.05) is 10.6 Å². The molecule has 1 aromatic carbocycles. The zero-order valence-electron chi connectivity index (χ0n) is 12.8. The number of nitrogens with one attached hydrogen (secondary N) is 2. The summed E-state index contributed by atoms with van der Waals surface area (Å²) in [6, 6.07) is 6.36. The Labute approximate surface area is 131 Å². The number of anilines is 2. The lowest BCUT2D eigenvalue weighted by atomic mass is 10.2. The van der Waals surface area contributed by atoms with E-state index in [0.29, 0.717) is 17.1 Å². The number of amides is 2. The minimum atomic E-state index is -0.673. The molecule has 1 aromatic heterocycles. The molecule has 0 bridgehead atoms. The molecular formula is C14H15N5O4. The van der Waals surface area contributed by atoms with E-state index in [-0.39, 0.29) is 17.3 Å². The van der Waals surface area contributed by atoms with Gasteiger partial charge in [-0.25, -0.2) is 0 Å². The number of aromatic nitrogens is 2. The zero-order valence-corrected chi connectivity index (χ0v) is 12.8. The highest BCUT2D eigenvalue weighted by Crippen LogP contribution is 2.23. The predicted octanol–water partition coefficient (Wildman–Crippen LogP) is 1.85. The zero-order chi connectivity index (χ0) is 17.1. The fourth-order valence-electron chi connectivity index (χ4n) is 2.00. The van der Waals surface area contributed by atoms with Gasteiger partial charge in [-0.1, -0.05) is 0 Å². The number of nitro groups is 1. The summed E-state index contributed by atoms with van der Waals surface area (Å²) in [5, 5.41) is 20.1. The van der Waals surface area contributed by atoms with E-state index in [4.69, 9.17) is 0 Å². The number of hydrogen-bond donors (Lipinski definition) is 2. The first-order chi connectivity index (χ1) is 10.8. The molecule has 23 heavy (non-hydrogen) atoms. The van der Waals surface area contributed by atoms with Crippen LogP contribution in [0.5, 0.6) is 0 Å². The summed E-state index contributed by atoms with van der Waals surface area (Å²) >= 11 is 0. The maximum absolute atomic E-state index is 12.2. The molecule has 1 heterocycles. The van der Waals surface area contributed by atoms with Crippen molar-refractivity contribution in [1.29, 1.82) is 0 Å². The first kappa shape index (κ1) is 16.1. The van der Waals surface area contributed by atoms with Crippen molar-refractivity contribution < 1.29 is 14.5 Å². The highest BCUT2D eigenvalue weighted by molar-refractivity contribution is 6.06. The number of rotatable bonds is 4. The Kier molecular flexibility index (Phi) is 4.39. The second-order valence-corrected chi connectivity index (χ2v) is 4.88. The maximum Gasteiger partial charge on any atom is 0.322 e. The van der Waals surface area contributed by atoms with E-state index in [1.165, 1.54) is 25.6 Å². The molecule has 2 N–H and O–H groups in total. The van der Waals surface area contributed by atoms with Crippen LogP contribution in [0.15, 0.2) is 24.3 Å². The van der Waals surface area contributed by atoms with Gasteiger partial charge in [-0.05, 0) is 31.2 Å². The van der Waals surface area contributed by atoms with Crippen molar-refractivity contribution in [2.24, 2.45) is 7.05 Å². The molecule has 0 fully saturated rings. The summed E-state index contributed by atoms with van der Waals surface area (Å²) in [6.45, 7) is 2.91. The van der Waals surface area contributed by atoms with Crippen molar-refractivity contribution in [3.05, 3.63) is 45.8 Å². The van der Waals surface area contributed by atoms with Crippen molar-refractivity contribution in [3.63, 3.8) is 0 Å². The van der Waals surface area contributed by atoms with Gasteiger partial charge in [0.15, 0.2) is 0 Å². The summed E-state index contributed by atoms with van der Waals surface area (Å²) in [5.74, 6) is -0.881. The minimum absolute atomic E-state index is 0.207. The van der Waals surface area contributed by atoms with Crippen molar-refractivity contribution in [3.8, 4) is 0 Å². The lowest BCUT2D eigenvalue weighted by Crippen LogP contribution is -2.14. The average Bonchev–Trinajstić information content (AvgIpc) is 2.76. The number of benzene rings is 1. The molecule has 0 saturated carbocycles. The van der Waals surface area contributed by atoms with Crippen LogP contribution in [0.4, 0.5) is 17.1 Å². The van der Waals surface area contributed by atoms with E-state index < -0.39 is 10.8 Å². The predicted molar refractivity (Wildman–Crippen MR) is 83.3 cm³/mol. The quantitative estimate of drug-likeness (QED) is 0.658. The molecule has 0 unspecified atom stereocenters. The first-order valence-electron chi connectivity index (χ1n) is 6.66. The summed E-state index contributed by atoms with van der Waals surface area (Å²) in [4.78, 5) is 33.6. The van der Waals surface area contributed by atoms with Crippen molar-refractivity contribution >= 4 is 28.9 Å². The molecule has 2 aromatic rings. The van der Waals surface area contributed by atoms with E-state index in [0.717, 1.165) is 0 Å². The number of carbonyl (C=O) groups is 2. The Hall–Kier alpha value is -3.23. The molecule has 0 saturated heterocycles. The topological polar surface area (TPSA) is 119 Å². The van der Waals surface area contributed by atoms with Crippen molar-refractivity contribution in [1.82, 2.24) is 9.78 Å².